The molecular formula is C20H26N4O2. The molecule has 1 N–H and O–H groups in total. The van der Waals surface area contributed by atoms with E-state index in [2.05, 4.69) is 21.3 Å². The average molecular weight is 354 g/mol. The number of carbonyl (C=O) groups excluding carboxylic acids is 1. The van der Waals surface area contributed by atoms with Crippen molar-refractivity contribution in [2.45, 2.75) is 13.1 Å². The van der Waals surface area contributed by atoms with Gasteiger partial charge >= 0.3 is 0 Å². The lowest BCUT2D eigenvalue weighted by Gasteiger charge is -2.27. The highest BCUT2D eigenvalue weighted by molar-refractivity contribution is 5.92. The Hall–Kier alpha value is -2.28. The number of carbonyl (C=O) groups is 1. The third-order valence-electron chi connectivity index (χ3n) is 4.38. The lowest BCUT2D eigenvalue weighted by molar-refractivity contribution is -0.117. The molecule has 26 heavy (non-hydrogen) atoms. The van der Waals surface area contributed by atoms with E-state index in [1.807, 2.05) is 48.5 Å². The normalized spacial score (nSPS) is 15.2. The number of nitrogens with one attached hydrogen (secondary N) is 1. The standard InChI is InChI=1S/C20H26N4O2/c1-23(14-17-5-4-8-21-13-17)16-20(25)22-19-7-3-2-6-18(19)15-24-9-11-26-12-10-24/h2-8,13H,9-12,14-16H2,1H3,(H,22,25). The summed E-state index contributed by atoms with van der Waals surface area (Å²) in [5.74, 6) is -0.00850. The van der Waals surface area contributed by atoms with Gasteiger partial charge < -0.3 is 10.1 Å². The SMILES string of the molecule is CN(CC(=O)Nc1ccccc1CN1CCOCC1)Cc1cccnc1. The fraction of sp³-hybridized carbons (Fsp3) is 0.400. The molecule has 0 atom stereocenters. The number of amides is 1. The zero-order chi connectivity index (χ0) is 18.2. The van der Waals surface area contributed by atoms with Gasteiger partial charge in [-0.2, -0.15) is 0 Å². The lowest BCUT2D eigenvalue weighted by atomic mass is 10.1. The minimum absolute atomic E-state index is 0.00850. The Bertz CT molecular complexity index is 702. The maximum absolute atomic E-state index is 12.5. The molecule has 2 heterocycles. The zero-order valence-electron chi connectivity index (χ0n) is 15.2. The molecule has 0 spiro atoms. The molecule has 0 aliphatic carbocycles. The van der Waals surface area contributed by atoms with Crippen molar-refractivity contribution in [3.63, 3.8) is 0 Å². The predicted molar refractivity (Wildman–Crippen MR) is 102 cm³/mol. The largest absolute Gasteiger partial charge is 0.379 e. The number of hydrogen-bond donors (Lipinski definition) is 1. The first kappa shape index (κ1) is 18.5. The van der Waals surface area contributed by atoms with Gasteiger partial charge in [-0.15, -0.1) is 0 Å². The van der Waals surface area contributed by atoms with Crippen molar-refractivity contribution in [1.82, 2.24) is 14.8 Å². The van der Waals surface area contributed by atoms with E-state index in [9.17, 15) is 4.79 Å². The second kappa shape index (κ2) is 9.43. The van der Waals surface area contributed by atoms with E-state index in [1.54, 1.807) is 6.20 Å². The number of aromatic nitrogens is 1. The van der Waals surface area contributed by atoms with E-state index in [-0.39, 0.29) is 5.91 Å². The summed E-state index contributed by atoms with van der Waals surface area (Å²) in [6.45, 7) is 5.25. The topological polar surface area (TPSA) is 57.7 Å². The number of para-hydroxylation sites is 1. The molecule has 138 valence electrons. The smallest absolute Gasteiger partial charge is 0.238 e. The Kier molecular flexibility index (Phi) is 6.71. The highest BCUT2D eigenvalue weighted by atomic mass is 16.5. The highest BCUT2D eigenvalue weighted by Crippen LogP contribution is 2.18. The number of morpholine rings is 1. The van der Waals surface area contributed by atoms with Gasteiger partial charge in [-0.1, -0.05) is 24.3 Å². The third-order valence-corrected chi connectivity index (χ3v) is 4.38. The summed E-state index contributed by atoms with van der Waals surface area (Å²) in [6.07, 6.45) is 3.58. The molecule has 0 radical (unpaired) electrons. The summed E-state index contributed by atoms with van der Waals surface area (Å²) in [4.78, 5) is 20.9. The zero-order valence-corrected chi connectivity index (χ0v) is 15.2. The van der Waals surface area contributed by atoms with Crippen LogP contribution in [0, 0.1) is 0 Å². The maximum Gasteiger partial charge on any atom is 0.238 e. The monoisotopic (exact) mass is 354 g/mol. The molecule has 1 aliphatic rings. The van der Waals surface area contributed by atoms with Crippen LogP contribution in [0.1, 0.15) is 11.1 Å². The van der Waals surface area contributed by atoms with Gasteiger partial charge in [0.2, 0.25) is 5.91 Å². The van der Waals surface area contributed by atoms with Gasteiger partial charge in [-0.25, -0.2) is 0 Å². The second-order valence-corrected chi connectivity index (χ2v) is 6.63. The Balaban J connectivity index is 1.55. The van der Waals surface area contributed by atoms with Crippen LogP contribution in [-0.4, -0.2) is 60.6 Å². The van der Waals surface area contributed by atoms with Crippen molar-refractivity contribution in [3.8, 4) is 0 Å². The first-order valence-electron chi connectivity index (χ1n) is 8.96. The third kappa shape index (κ3) is 5.62. The Morgan fingerprint density at radius 2 is 2.04 bits per heavy atom. The van der Waals surface area contributed by atoms with E-state index in [0.717, 1.165) is 49.7 Å². The van der Waals surface area contributed by atoms with Crippen LogP contribution in [0.2, 0.25) is 0 Å². The fourth-order valence-electron chi connectivity index (χ4n) is 3.07. The van der Waals surface area contributed by atoms with E-state index in [1.165, 1.54) is 0 Å². The molecule has 1 saturated heterocycles. The number of hydrogen-bond acceptors (Lipinski definition) is 5. The van der Waals surface area contributed by atoms with Gasteiger partial charge in [0.25, 0.3) is 0 Å². The summed E-state index contributed by atoms with van der Waals surface area (Å²) in [6, 6.07) is 11.9. The van der Waals surface area contributed by atoms with E-state index >= 15 is 0 Å². The number of ether oxygens (including phenoxy) is 1. The first-order valence-corrected chi connectivity index (χ1v) is 8.96. The van der Waals surface area contributed by atoms with Crippen LogP contribution in [0.5, 0.6) is 0 Å². The predicted octanol–water partition coefficient (Wildman–Crippen LogP) is 1.98. The lowest BCUT2D eigenvalue weighted by Crippen LogP contribution is -2.36. The number of likely N-dealkylation sites (N-methyl/N-ethyl adjacent to an activating group) is 1. The summed E-state index contributed by atoms with van der Waals surface area (Å²) in [5, 5.41) is 3.06. The molecule has 1 aliphatic heterocycles. The summed E-state index contributed by atoms with van der Waals surface area (Å²) in [5.41, 5.74) is 3.12. The average Bonchev–Trinajstić information content (AvgIpc) is 2.65. The number of pyridine rings is 1. The Labute approximate surface area is 154 Å². The quantitative estimate of drug-likeness (QED) is 0.824. The molecule has 1 aromatic carbocycles. The summed E-state index contributed by atoms with van der Waals surface area (Å²) >= 11 is 0. The van der Waals surface area contributed by atoms with E-state index in [0.29, 0.717) is 13.1 Å². The van der Waals surface area contributed by atoms with Crippen LogP contribution in [0.15, 0.2) is 48.8 Å². The number of benzene rings is 1. The molecule has 6 heteroatoms. The molecule has 0 bridgehead atoms. The fourth-order valence-corrected chi connectivity index (χ4v) is 3.07. The number of rotatable bonds is 7. The second-order valence-electron chi connectivity index (χ2n) is 6.63. The molecule has 6 nitrogen and oxygen atoms in total. The molecule has 3 rings (SSSR count). The van der Waals surface area contributed by atoms with Crippen molar-refractivity contribution >= 4 is 11.6 Å². The maximum atomic E-state index is 12.5. The van der Waals surface area contributed by atoms with Crippen LogP contribution in [0.3, 0.4) is 0 Å². The Morgan fingerprint density at radius 1 is 1.23 bits per heavy atom. The molecule has 2 aromatic rings. The molecular weight excluding hydrogens is 328 g/mol. The van der Waals surface area contributed by atoms with Gasteiger partial charge in [-0.05, 0) is 30.3 Å². The molecule has 0 unspecified atom stereocenters. The van der Waals surface area contributed by atoms with Crippen LogP contribution in [0.25, 0.3) is 0 Å². The molecule has 0 saturated carbocycles. The van der Waals surface area contributed by atoms with Crippen LogP contribution < -0.4 is 5.32 Å². The van der Waals surface area contributed by atoms with Crippen molar-refractivity contribution in [3.05, 3.63) is 59.9 Å². The first-order chi connectivity index (χ1) is 12.7. The van der Waals surface area contributed by atoms with Gasteiger partial charge in [0.05, 0.1) is 19.8 Å². The van der Waals surface area contributed by atoms with Crippen molar-refractivity contribution in [2.75, 3.05) is 45.2 Å². The van der Waals surface area contributed by atoms with Crippen LogP contribution in [-0.2, 0) is 22.6 Å². The molecule has 1 amide bonds. The number of anilines is 1. The van der Waals surface area contributed by atoms with Gasteiger partial charge in [0.1, 0.15) is 0 Å². The van der Waals surface area contributed by atoms with Crippen molar-refractivity contribution in [2.24, 2.45) is 0 Å². The van der Waals surface area contributed by atoms with Crippen LogP contribution in [0.4, 0.5) is 5.69 Å². The van der Waals surface area contributed by atoms with E-state index in [4.69, 9.17) is 4.74 Å². The van der Waals surface area contributed by atoms with Gasteiger partial charge in [-0.3, -0.25) is 19.6 Å². The molecule has 1 fully saturated rings. The van der Waals surface area contributed by atoms with Gasteiger partial charge in [0.15, 0.2) is 0 Å². The minimum Gasteiger partial charge on any atom is -0.379 e. The summed E-state index contributed by atoms with van der Waals surface area (Å²) in [7, 11) is 1.94. The minimum atomic E-state index is -0.00850. The summed E-state index contributed by atoms with van der Waals surface area (Å²) < 4.78 is 5.40. The van der Waals surface area contributed by atoms with Crippen LogP contribution >= 0.6 is 0 Å². The highest BCUT2D eigenvalue weighted by Gasteiger charge is 2.14. The Morgan fingerprint density at radius 3 is 2.81 bits per heavy atom. The van der Waals surface area contributed by atoms with Crippen molar-refractivity contribution in [1.29, 1.82) is 0 Å². The van der Waals surface area contributed by atoms with Crippen molar-refractivity contribution < 1.29 is 9.53 Å². The molecule has 1 aromatic heterocycles. The van der Waals surface area contributed by atoms with E-state index < -0.39 is 0 Å². The van der Waals surface area contributed by atoms with Gasteiger partial charge in [0, 0.05) is 44.3 Å². The number of nitrogens with zero attached hydrogens (tertiary/aromatic N) is 3.